The molecule has 0 aliphatic rings. The Morgan fingerprint density at radius 2 is 0.691 bits per heavy atom. The van der Waals surface area contributed by atoms with Gasteiger partial charge in [-0.05, 0) is 57.8 Å². The Balaban J connectivity index is 3.43. The summed E-state index contributed by atoms with van der Waals surface area (Å²) >= 11 is 0. The molecule has 0 spiro atoms. The Kier molecular flexibility index (Phi) is 56.5. The highest BCUT2D eigenvalue weighted by Crippen LogP contribution is 2.17. The summed E-state index contributed by atoms with van der Waals surface area (Å²) < 4.78 is 5.46. The zero-order valence-electron chi connectivity index (χ0n) is 45.9. The molecule has 1 amide bonds. The number of nitrogens with one attached hydrogen (secondary N) is 1. The third-order valence-corrected chi connectivity index (χ3v) is 14.2. The van der Waals surface area contributed by atoms with Gasteiger partial charge in [0.05, 0.1) is 25.4 Å². The van der Waals surface area contributed by atoms with Crippen LogP contribution in [0.2, 0.25) is 0 Å². The number of carbonyl (C=O) groups is 2. The van der Waals surface area contributed by atoms with Gasteiger partial charge in [-0.1, -0.05) is 289 Å². The minimum absolute atomic E-state index is 0.0119. The minimum atomic E-state index is -0.847. The van der Waals surface area contributed by atoms with E-state index < -0.39 is 12.1 Å². The summed E-state index contributed by atoms with van der Waals surface area (Å²) in [6.45, 7) is 4.91. The zero-order valence-corrected chi connectivity index (χ0v) is 45.9. The Labute approximate surface area is 424 Å². The second-order valence-corrected chi connectivity index (χ2v) is 21.0. The van der Waals surface area contributed by atoms with Crippen LogP contribution in [0.1, 0.15) is 335 Å². The van der Waals surface area contributed by atoms with Crippen molar-refractivity contribution in [3.63, 3.8) is 0 Å². The van der Waals surface area contributed by atoms with Gasteiger partial charge in [0, 0.05) is 12.8 Å². The summed E-state index contributed by atoms with van der Waals surface area (Å²) in [7, 11) is 0. The first kappa shape index (κ1) is 66.3. The highest BCUT2D eigenvalue weighted by Gasteiger charge is 2.18. The highest BCUT2D eigenvalue weighted by atomic mass is 16.5. The smallest absolute Gasteiger partial charge is 0.305 e. The van der Waals surface area contributed by atoms with Crippen LogP contribution in [0.15, 0.2) is 24.3 Å². The van der Waals surface area contributed by atoms with Gasteiger partial charge >= 0.3 is 5.97 Å². The molecule has 0 saturated heterocycles. The molecule has 0 saturated carbocycles. The highest BCUT2D eigenvalue weighted by molar-refractivity contribution is 5.76. The standard InChI is InChI=1S/C62H119NO5/c1-3-5-7-9-11-13-15-16-17-28-31-35-38-42-46-50-54-60(65)59(58-64)63-61(66)55-51-47-43-39-36-32-29-26-24-22-20-18-19-21-23-25-27-30-33-37-41-45-49-53-57-68-62(67)56-52-48-44-40-34-14-12-10-8-6-4-2/h20,22,50,54,59-60,64-65H,3-19,21,23-49,51-53,55-58H2,1-2H3,(H,63,66)/b22-20-,54-50+. The number of ether oxygens (including phenoxy) is 1. The molecule has 0 aromatic heterocycles. The number of aliphatic hydroxyl groups is 2. The van der Waals surface area contributed by atoms with Gasteiger partial charge in [-0.3, -0.25) is 9.59 Å². The molecule has 0 radical (unpaired) electrons. The van der Waals surface area contributed by atoms with E-state index in [9.17, 15) is 19.8 Å². The van der Waals surface area contributed by atoms with Gasteiger partial charge in [0.25, 0.3) is 0 Å². The van der Waals surface area contributed by atoms with Crippen molar-refractivity contribution in [3.05, 3.63) is 24.3 Å². The monoisotopic (exact) mass is 958 g/mol. The zero-order chi connectivity index (χ0) is 49.3. The first-order valence-corrected chi connectivity index (χ1v) is 30.6. The minimum Gasteiger partial charge on any atom is -0.466 e. The van der Waals surface area contributed by atoms with E-state index in [-0.39, 0.29) is 18.5 Å². The van der Waals surface area contributed by atoms with Gasteiger partial charge in [0.15, 0.2) is 0 Å². The summed E-state index contributed by atoms with van der Waals surface area (Å²) in [5.74, 6) is -0.0587. The van der Waals surface area contributed by atoms with E-state index in [1.165, 1.54) is 270 Å². The number of allylic oxidation sites excluding steroid dienone is 3. The van der Waals surface area contributed by atoms with Crippen LogP contribution in [0.25, 0.3) is 0 Å². The summed E-state index contributed by atoms with van der Waals surface area (Å²) in [5.41, 5.74) is 0. The van der Waals surface area contributed by atoms with Crippen molar-refractivity contribution in [2.75, 3.05) is 13.2 Å². The molecule has 0 bridgehead atoms. The predicted octanol–water partition coefficient (Wildman–Crippen LogP) is 19.0. The maximum absolute atomic E-state index is 12.5. The number of rotatable bonds is 57. The van der Waals surface area contributed by atoms with Gasteiger partial charge in [-0.15, -0.1) is 0 Å². The molecule has 68 heavy (non-hydrogen) atoms. The Morgan fingerprint density at radius 1 is 0.397 bits per heavy atom. The van der Waals surface area contributed by atoms with Crippen LogP contribution in [0.5, 0.6) is 0 Å². The van der Waals surface area contributed by atoms with E-state index in [2.05, 4.69) is 31.3 Å². The Bertz CT molecular complexity index is 1060. The third kappa shape index (κ3) is 53.7. The fourth-order valence-electron chi connectivity index (χ4n) is 9.51. The Morgan fingerprint density at radius 3 is 1.04 bits per heavy atom. The molecule has 2 atom stereocenters. The fraction of sp³-hybridized carbons (Fsp3) is 0.903. The quantitative estimate of drug-likeness (QED) is 0.0321. The fourth-order valence-corrected chi connectivity index (χ4v) is 9.51. The first-order valence-electron chi connectivity index (χ1n) is 30.6. The molecule has 0 rings (SSSR count). The molecule has 6 nitrogen and oxygen atoms in total. The predicted molar refractivity (Wildman–Crippen MR) is 296 cm³/mol. The van der Waals surface area contributed by atoms with Crippen molar-refractivity contribution < 1.29 is 24.5 Å². The molecule has 0 aromatic carbocycles. The molecule has 0 aromatic rings. The molecule has 402 valence electrons. The van der Waals surface area contributed by atoms with E-state index in [0.29, 0.717) is 19.4 Å². The average molecular weight is 959 g/mol. The van der Waals surface area contributed by atoms with Crippen molar-refractivity contribution in [1.82, 2.24) is 5.32 Å². The molecule has 2 unspecified atom stereocenters. The third-order valence-electron chi connectivity index (χ3n) is 14.2. The van der Waals surface area contributed by atoms with Gasteiger partial charge in [-0.2, -0.15) is 0 Å². The number of unbranched alkanes of at least 4 members (excludes halogenated alkanes) is 44. The number of esters is 1. The van der Waals surface area contributed by atoms with Crippen LogP contribution < -0.4 is 5.32 Å². The molecular formula is C62H119NO5. The van der Waals surface area contributed by atoms with Crippen molar-refractivity contribution >= 4 is 11.9 Å². The number of amides is 1. The van der Waals surface area contributed by atoms with Crippen molar-refractivity contribution in [2.24, 2.45) is 0 Å². The van der Waals surface area contributed by atoms with Gasteiger partial charge < -0.3 is 20.3 Å². The van der Waals surface area contributed by atoms with E-state index in [0.717, 1.165) is 38.5 Å². The molecule has 0 aliphatic heterocycles. The molecule has 3 N–H and O–H groups in total. The lowest BCUT2D eigenvalue weighted by molar-refractivity contribution is -0.143. The van der Waals surface area contributed by atoms with Gasteiger partial charge in [0.1, 0.15) is 0 Å². The van der Waals surface area contributed by atoms with Crippen molar-refractivity contribution in [1.29, 1.82) is 0 Å². The first-order chi connectivity index (χ1) is 33.5. The van der Waals surface area contributed by atoms with Crippen molar-refractivity contribution in [3.8, 4) is 0 Å². The Hall–Kier alpha value is -1.66. The summed E-state index contributed by atoms with van der Waals surface area (Å²) in [5, 5.41) is 23.1. The molecular weight excluding hydrogens is 839 g/mol. The van der Waals surface area contributed by atoms with Crippen LogP contribution >= 0.6 is 0 Å². The molecule has 0 fully saturated rings. The average Bonchev–Trinajstić information content (AvgIpc) is 3.34. The van der Waals surface area contributed by atoms with E-state index in [1.54, 1.807) is 6.08 Å². The number of carbonyl (C=O) groups excluding carboxylic acids is 2. The van der Waals surface area contributed by atoms with E-state index >= 15 is 0 Å². The SMILES string of the molecule is CCCCCCCCCCCCCCCC/C=C/C(O)C(CO)NC(=O)CCCCCCCCCC/C=C\CCCCCCCCCCCCCCOC(=O)CCCCCCCCCCCCC. The molecule has 0 aliphatic carbocycles. The molecule has 6 heteroatoms. The van der Waals surface area contributed by atoms with Crippen LogP contribution in [0.4, 0.5) is 0 Å². The van der Waals surface area contributed by atoms with Crippen LogP contribution in [-0.4, -0.2) is 47.4 Å². The van der Waals surface area contributed by atoms with Crippen LogP contribution in [0.3, 0.4) is 0 Å². The maximum atomic E-state index is 12.5. The van der Waals surface area contributed by atoms with Crippen molar-refractivity contribution in [2.45, 2.75) is 347 Å². The van der Waals surface area contributed by atoms with Crippen LogP contribution in [-0.2, 0) is 14.3 Å². The lowest BCUT2D eigenvalue weighted by atomic mass is 10.0. The lowest BCUT2D eigenvalue weighted by Crippen LogP contribution is -2.45. The largest absolute Gasteiger partial charge is 0.466 e. The van der Waals surface area contributed by atoms with E-state index in [1.807, 2.05) is 6.08 Å². The molecule has 0 heterocycles. The lowest BCUT2D eigenvalue weighted by Gasteiger charge is -2.20. The summed E-state index contributed by atoms with van der Waals surface area (Å²) in [6.07, 6.45) is 70.7. The second kappa shape index (κ2) is 57.9. The number of aliphatic hydroxyl groups excluding tert-OH is 2. The van der Waals surface area contributed by atoms with Gasteiger partial charge in [-0.25, -0.2) is 0 Å². The maximum Gasteiger partial charge on any atom is 0.305 e. The second-order valence-electron chi connectivity index (χ2n) is 21.0. The van der Waals surface area contributed by atoms with E-state index in [4.69, 9.17) is 4.74 Å². The number of hydrogen-bond acceptors (Lipinski definition) is 5. The van der Waals surface area contributed by atoms with Gasteiger partial charge in [0.2, 0.25) is 5.91 Å². The normalized spacial score (nSPS) is 12.7. The summed E-state index contributed by atoms with van der Waals surface area (Å²) in [4.78, 5) is 24.5. The summed E-state index contributed by atoms with van der Waals surface area (Å²) in [6, 6.07) is -0.631. The topological polar surface area (TPSA) is 95.9 Å². The number of hydrogen-bond donors (Lipinski definition) is 3. The van der Waals surface area contributed by atoms with Crippen LogP contribution in [0, 0.1) is 0 Å².